The third-order valence-electron chi connectivity index (χ3n) is 5.40. The highest BCUT2D eigenvalue weighted by Crippen LogP contribution is 2.45. The highest BCUT2D eigenvalue weighted by Gasteiger charge is 2.31. The van der Waals surface area contributed by atoms with Gasteiger partial charge in [-0.15, -0.1) is 0 Å². The van der Waals surface area contributed by atoms with Gasteiger partial charge in [-0.2, -0.15) is 13.2 Å². The van der Waals surface area contributed by atoms with E-state index < -0.39 is 12.8 Å². The number of anilines is 3. The van der Waals surface area contributed by atoms with Crippen LogP contribution in [0.15, 0.2) is 36.4 Å². The van der Waals surface area contributed by atoms with E-state index in [1.54, 1.807) is 13.2 Å². The molecule has 3 aromatic rings. The Morgan fingerprint density at radius 1 is 1.22 bits per heavy atom. The van der Waals surface area contributed by atoms with Crippen molar-refractivity contribution in [2.45, 2.75) is 19.5 Å². The number of aliphatic hydroxyl groups is 1. The molecule has 9 heteroatoms. The quantitative estimate of drug-likeness (QED) is 0.552. The van der Waals surface area contributed by atoms with Crippen molar-refractivity contribution < 1.29 is 27.8 Å². The lowest BCUT2D eigenvalue weighted by molar-refractivity contribution is -0.153. The summed E-state index contributed by atoms with van der Waals surface area (Å²) >= 11 is 0. The first-order valence-electron chi connectivity index (χ1n) is 10.2. The fourth-order valence-electron chi connectivity index (χ4n) is 4.06. The van der Waals surface area contributed by atoms with E-state index in [1.165, 1.54) is 6.07 Å². The second-order valence-electron chi connectivity index (χ2n) is 7.55. The predicted molar refractivity (Wildman–Crippen MR) is 117 cm³/mol. The molecule has 0 saturated heterocycles. The van der Waals surface area contributed by atoms with Gasteiger partial charge < -0.3 is 24.8 Å². The number of ether oxygens (including phenoxy) is 2. The van der Waals surface area contributed by atoms with Gasteiger partial charge in [0.15, 0.2) is 6.61 Å². The molecule has 0 bridgehead atoms. The number of aryl methyl sites for hydroxylation is 1. The molecular formula is C23H24F3N3O3. The number of halogens is 3. The summed E-state index contributed by atoms with van der Waals surface area (Å²) in [6, 6.07) is 10.8. The Hall–Kier alpha value is -3.20. The molecule has 2 aromatic carbocycles. The molecule has 0 aliphatic carbocycles. The molecule has 1 aliphatic heterocycles. The monoisotopic (exact) mass is 447 g/mol. The Labute approximate surface area is 183 Å². The van der Waals surface area contributed by atoms with E-state index in [0.717, 1.165) is 28.3 Å². The van der Waals surface area contributed by atoms with Crippen LogP contribution in [-0.4, -0.2) is 49.7 Å². The lowest BCUT2D eigenvalue weighted by Crippen LogP contribution is -2.19. The number of nitrogens with zero attached hydrogens (tertiary/aromatic N) is 2. The van der Waals surface area contributed by atoms with Crippen LogP contribution in [0.5, 0.6) is 11.5 Å². The van der Waals surface area contributed by atoms with E-state index in [9.17, 15) is 18.3 Å². The number of hydrogen-bond donors (Lipinski definition) is 2. The molecule has 6 nitrogen and oxygen atoms in total. The van der Waals surface area contributed by atoms with Gasteiger partial charge in [-0.3, -0.25) is 0 Å². The van der Waals surface area contributed by atoms with Crippen molar-refractivity contribution in [2.24, 2.45) is 0 Å². The van der Waals surface area contributed by atoms with E-state index in [1.807, 2.05) is 31.2 Å². The number of methoxy groups -OCH3 is 1. The minimum Gasteiger partial charge on any atom is -0.497 e. The molecular weight excluding hydrogens is 423 g/mol. The van der Waals surface area contributed by atoms with Gasteiger partial charge in [0.05, 0.1) is 19.4 Å². The molecule has 170 valence electrons. The minimum absolute atomic E-state index is 0.0629. The van der Waals surface area contributed by atoms with Crippen LogP contribution in [0.1, 0.15) is 11.1 Å². The molecule has 0 unspecified atom stereocenters. The number of aliphatic hydroxyl groups excluding tert-OH is 1. The molecule has 0 amide bonds. The maximum atomic E-state index is 12.8. The summed E-state index contributed by atoms with van der Waals surface area (Å²) < 4.78 is 48.8. The Bertz CT molecular complexity index is 1130. The fourth-order valence-corrected chi connectivity index (χ4v) is 4.06. The van der Waals surface area contributed by atoms with Gasteiger partial charge in [0.2, 0.25) is 0 Å². The number of hydrogen-bond acceptors (Lipinski definition) is 6. The first-order valence-corrected chi connectivity index (χ1v) is 10.2. The summed E-state index contributed by atoms with van der Waals surface area (Å²) in [6.45, 7) is 1.46. The Morgan fingerprint density at radius 2 is 2.03 bits per heavy atom. The van der Waals surface area contributed by atoms with Gasteiger partial charge in [-0.25, -0.2) is 4.98 Å². The molecule has 2 heterocycles. The number of para-hydroxylation sites is 1. The highest BCUT2D eigenvalue weighted by atomic mass is 19.4. The van der Waals surface area contributed by atoms with Crippen LogP contribution in [0.4, 0.5) is 30.4 Å². The van der Waals surface area contributed by atoms with Crippen molar-refractivity contribution in [1.29, 1.82) is 0 Å². The molecule has 4 rings (SSSR count). The van der Waals surface area contributed by atoms with Gasteiger partial charge in [0, 0.05) is 29.7 Å². The lowest BCUT2D eigenvalue weighted by atomic mass is 10.1. The van der Waals surface area contributed by atoms with Gasteiger partial charge >= 0.3 is 6.18 Å². The van der Waals surface area contributed by atoms with Crippen LogP contribution < -0.4 is 19.7 Å². The number of aromatic nitrogens is 1. The van der Waals surface area contributed by atoms with E-state index in [0.29, 0.717) is 29.7 Å². The number of pyridine rings is 1. The third-order valence-corrected chi connectivity index (χ3v) is 5.40. The summed E-state index contributed by atoms with van der Waals surface area (Å²) in [5, 5.41) is 13.1. The van der Waals surface area contributed by atoms with Crippen LogP contribution in [0.3, 0.4) is 0 Å². The molecule has 0 atom stereocenters. The Balaban J connectivity index is 1.87. The Morgan fingerprint density at radius 3 is 2.72 bits per heavy atom. The van der Waals surface area contributed by atoms with Crippen LogP contribution in [-0.2, 0) is 6.42 Å². The minimum atomic E-state index is -4.46. The fraction of sp³-hybridized carbons (Fsp3) is 0.348. The average molecular weight is 447 g/mol. The third kappa shape index (κ3) is 4.25. The molecule has 2 N–H and O–H groups in total. The molecule has 1 aromatic heterocycles. The van der Waals surface area contributed by atoms with Crippen molar-refractivity contribution in [3.05, 3.63) is 47.5 Å². The molecule has 32 heavy (non-hydrogen) atoms. The van der Waals surface area contributed by atoms with Crippen LogP contribution in [0.25, 0.3) is 10.9 Å². The van der Waals surface area contributed by atoms with Crippen molar-refractivity contribution in [2.75, 3.05) is 43.6 Å². The van der Waals surface area contributed by atoms with E-state index in [2.05, 4.69) is 15.2 Å². The first-order chi connectivity index (χ1) is 15.3. The number of benzene rings is 2. The number of alkyl halides is 3. The smallest absolute Gasteiger partial charge is 0.422 e. The molecule has 0 spiro atoms. The number of rotatable bonds is 7. The summed E-state index contributed by atoms with van der Waals surface area (Å²) in [5.41, 5.74) is 4.16. The lowest BCUT2D eigenvalue weighted by Gasteiger charge is -2.24. The number of nitrogens with one attached hydrogen (secondary N) is 1. The SMILES string of the molecule is COc1ccc(N2CCc3c(NCCO)nc4c(OCC(F)(F)F)cccc4c32)c(C)c1. The largest absolute Gasteiger partial charge is 0.497 e. The maximum absolute atomic E-state index is 12.8. The normalized spacial score (nSPS) is 13.4. The van der Waals surface area contributed by atoms with Gasteiger partial charge in [-0.05, 0) is 43.2 Å². The van der Waals surface area contributed by atoms with Crippen LogP contribution in [0.2, 0.25) is 0 Å². The van der Waals surface area contributed by atoms with Crippen LogP contribution in [0, 0.1) is 6.92 Å². The summed E-state index contributed by atoms with van der Waals surface area (Å²) in [7, 11) is 1.61. The molecule has 0 saturated carbocycles. The van der Waals surface area contributed by atoms with E-state index in [-0.39, 0.29) is 18.9 Å². The average Bonchev–Trinajstić information content (AvgIpc) is 3.20. The van der Waals surface area contributed by atoms with Crippen molar-refractivity contribution in [3.8, 4) is 11.5 Å². The number of fused-ring (bicyclic) bond motifs is 3. The van der Waals surface area contributed by atoms with E-state index in [4.69, 9.17) is 9.47 Å². The summed E-state index contributed by atoms with van der Waals surface area (Å²) in [6.07, 6.45) is -3.76. The second kappa shape index (κ2) is 8.74. The first kappa shape index (κ1) is 22.0. The van der Waals surface area contributed by atoms with Crippen molar-refractivity contribution in [1.82, 2.24) is 4.98 Å². The molecule has 0 radical (unpaired) electrons. The van der Waals surface area contributed by atoms with E-state index >= 15 is 0 Å². The maximum Gasteiger partial charge on any atom is 0.422 e. The van der Waals surface area contributed by atoms with Crippen molar-refractivity contribution >= 4 is 28.1 Å². The van der Waals surface area contributed by atoms with Crippen LogP contribution >= 0.6 is 0 Å². The molecule has 0 fully saturated rings. The zero-order chi connectivity index (χ0) is 22.9. The van der Waals surface area contributed by atoms with Gasteiger partial charge in [-0.1, -0.05) is 12.1 Å². The summed E-state index contributed by atoms with van der Waals surface area (Å²) in [5.74, 6) is 1.35. The molecule has 1 aliphatic rings. The summed E-state index contributed by atoms with van der Waals surface area (Å²) in [4.78, 5) is 6.75. The van der Waals surface area contributed by atoms with Gasteiger partial charge in [0.1, 0.15) is 22.8 Å². The Kier molecular flexibility index (Phi) is 6.01. The predicted octanol–water partition coefficient (Wildman–Crippen LogP) is 4.59. The zero-order valence-electron chi connectivity index (χ0n) is 17.8. The highest BCUT2D eigenvalue weighted by molar-refractivity contribution is 6.02. The topological polar surface area (TPSA) is 66.9 Å². The van der Waals surface area contributed by atoms with Gasteiger partial charge in [0.25, 0.3) is 0 Å². The second-order valence-corrected chi connectivity index (χ2v) is 7.55. The standard InChI is InChI=1S/C23H24F3N3O3/c1-14-12-15(31-2)6-7-18(14)29-10-8-17-21(29)16-4-3-5-19(32-13-23(24,25)26)20(16)28-22(17)27-9-11-30/h3-7,12,30H,8-11,13H2,1-2H3,(H,27,28). The van der Waals surface area contributed by atoms with Crippen molar-refractivity contribution in [3.63, 3.8) is 0 Å². The zero-order valence-corrected chi connectivity index (χ0v) is 17.8.